The summed E-state index contributed by atoms with van der Waals surface area (Å²) in [6.07, 6.45) is 0. The van der Waals surface area contributed by atoms with E-state index in [2.05, 4.69) is 0 Å². The number of benzene rings is 2. The smallest absolute Gasteiger partial charge is 0.420 e. The fraction of sp³-hybridized carbons (Fsp3) is 0.133. The summed E-state index contributed by atoms with van der Waals surface area (Å²) in [5.74, 6) is -0.778. The second kappa shape index (κ2) is 5.61. The van der Waals surface area contributed by atoms with E-state index in [1.165, 1.54) is 16.7 Å². The average Bonchev–Trinajstić information content (AvgIpc) is 2.76. The number of hydrogen-bond acceptors (Lipinski definition) is 3. The highest BCUT2D eigenvalue weighted by atomic mass is 35.5. The lowest BCUT2D eigenvalue weighted by molar-refractivity contribution is 0.281. The molecule has 0 amide bonds. The van der Waals surface area contributed by atoms with Gasteiger partial charge in [-0.1, -0.05) is 23.7 Å². The summed E-state index contributed by atoms with van der Waals surface area (Å²) in [5.41, 5.74) is 1.04. The minimum absolute atomic E-state index is 0.151. The van der Waals surface area contributed by atoms with Crippen molar-refractivity contribution in [1.82, 2.24) is 4.57 Å². The van der Waals surface area contributed by atoms with E-state index >= 15 is 0 Å². The van der Waals surface area contributed by atoms with E-state index in [1.54, 1.807) is 30.3 Å². The van der Waals surface area contributed by atoms with Gasteiger partial charge in [-0.25, -0.2) is 9.18 Å². The first-order chi connectivity index (χ1) is 10.1. The second-order valence-corrected chi connectivity index (χ2v) is 4.85. The molecular weight excluding hydrogens is 297 g/mol. The maximum Gasteiger partial charge on any atom is 0.420 e. The standard InChI is InChI=1S/C15H11ClFNO3/c16-10-5-6-12-14(9-10)21-15(19)18(12)7-8-20-13-4-2-1-3-11(13)17/h1-6,9H,7-8H2. The molecule has 1 heterocycles. The Morgan fingerprint density at radius 3 is 2.86 bits per heavy atom. The summed E-state index contributed by atoms with van der Waals surface area (Å²) in [6.45, 7) is 0.403. The van der Waals surface area contributed by atoms with Gasteiger partial charge in [0.2, 0.25) is 0 Å². The Balaban J connectivity index is 1.78. The molecule has 0 atom stereocenters. The molecule has 108 valence electrons. The third kappa shape index (κ3) is 2.78. The molecule has 0 saturated heterocycles. The molecule has 0 fully saturated rings. The molecule has 3 aromatic rings. The van der Waals surface area contributed by atoms with Crippen LogP contribution in [0.2, 0.25) is 5.02 Å². The number of nitrogens with zero attached hydrogens (tertiary/aromatic N) is 1. The summed E-state index contributed by atoms with van der Waals surface area (Å²) in [5, 5.41) is 0.492. The molecular formula is C15H11ClFNO3. The summed E-state index contributed by atoms with van der Waals surface area (Å²) in [4.78, 5) is 11.8. The maximum atomic E-state index is 13.4. The number of rotatable bonds is 4. The van der Waals surface area contributed by atoms with E-state index in [1.807, 2.05) is 0 Å². The monoisotopic (exact) mass is 307 g/mol. The van der Waals surface area contributed by atoms with Gasteiger partial charge in [0, 0.05) is 11.1 Å². The SMILES string of the molecule is O=c1oc2cc(Cl)ccc2n1CCOc1ccccc1F. The Morgan fingerprint density at radius 2 is 2.05 bits per heavy atom. The highest BCUT2D eigenvalue weighted by Crippen LogP contribution is 2.19. The molecule has 6 heteroatoms. The number of halogens is 2. The molecule has 0 aliphatic carbocycles. The van der Waals surface area contributed by atoms with Gasteiger partial charge in [-0.3, -0.25) is 4.57 Å². The van der Waals surface area contributed by atoms with E-state index in [9.17, 15) is 9.18 Å². The molecule has 2 aromatic carbocycles. The van der Waals surface area contributed by atoms with Crippen molar-refractivity contribution < 1.29 is 13.5 Å². The predicted molar refractivity (Wildman–Crippen MR) is 77.4 cm³/mol. The van der Waals surface area contributed by atoms with Crippen molar-refractivity contribution in [2.24, 2.45) is 0 Å². The Bertz CT molecular complexity index is 840. The lowest BCUT2D eigenvalue weighted by Crippen LogP contribution is -2.18. The number of aromatic nitrogens is 1. The summed E-state index contributed by atoms with van der Waals surface area (Å²) >= 11 is 5.84. The number of fused-ring (bicyclic) bond motifs is 1. The zero-order valence-electron chi connectivity index (χ0n) is 10.9. The molecule has 0 aliphatic heterocycles. The first kappa shape index (κ1) is 13.7. The van der Waals surface area contributed by atoms with E-state index in [4.69, 9.17) is 20.8 Å². The summed E-state index contributed by atoms with van der Waals surface area (Å²) in [6, 6.07) is 11.1. The van der Waals surface area contributed by atoms with Crippen LogP contribution in [-0.2, 0) is 6.54 Å². The molecule has 0 radical (unpaired) electrons. The van der Waals surface area contributed by atoms with Crippen LogP contribution in [-0.4, -0.2) is 11.2 Å². The predicted octanol–water partition coefficient (Wildman–Crippen LogP) is 3.47. The van der Waals surface area contributed by atoms with E-state index < -0.39 is 11.6 Å². The Kier molecular flexibility index (Phi) is 3.66. The van der Waals surface area contributed by atoms with Crippen molar-refractivity contribution in [2.75, 3.05) is 6.61 Å². The Labute approximate surface area is 124 Å². The van der Waals surface area contributed by atoms with Crippen LogP contribution in [0.4, 0.5) is 4.39 Å². The second-order valence-electron chi connectivity index (χ2n) is 4.41. The van der Waals surface area contributed by atoms with Crippen LogP contribution >= 0.6 is 11.6 Å². The van der Waals surface area contributed by atoms with E-state index in [0.29, 0.717) is 16.1 Å². The first-order valence-corrected chi connectivity index (χ1v) is 6.69. The van der Waals surface area contributed by atoms with Crippen molar-refractivity contribution in [2.45, 2.75) is 6.54 Å². The third-order valence-corrected chi connectivity index (χ3v) is 3.27. The van der Waals surface area contributed by atoms with Gasteiger partial charge in [-0.15, -0.1) is 0 Å². The van der Waals surface area contributed by atoms with Gasteiger partial charge < -0.3 is 9.15 Å². The van der Waals surface area contributed by atoms with Gasteiger partial charge in [0.25, 0.3) is 0 Å². The third-order valence-electron chi connectivity index (χ3n) is 3.04. The van der Waals surface area contributed by atoms with Crippen LogP contribution in [0.15, 0.2) is 51.7 Å². The minimum atomic E-state index is -0.496. The largest absolute Gasteiger partial charge is 0.489 e. The van der Waals surface area contributed by atoms with Crippen molar-refractivity contribution >= 4 is 22.7 Å². The van der Waals surface area contributed by atoms with Crippen LogP contribution in [0, 0.1) is 5.82 Å². The zero-order valence-corrected chi connectivity index (χ0v) is 11.6. The summed E-state index contributed by atoms with van der Waals surface area (Å²) in [7, 11) is 0. The van der Waals surface area contributed by atoms with Crippen LogP contribution in [0.25, 0.3) is 11.1 Å². The van der Waals surface area contributed by atoms with Crippen LogP contribution in [0.1, 0.15) is 0 Å². The molecule has 0 N–H and O–H groups in total. The summed E-state index contributed by atoms with van der Waals surface area (Å²) < 4.78 is 25.3. The zero-order chi connectivity index (χ0) is 14.8. The first-order valence-electron chi connectivity index (χ1n) is 6.31. The van der Waals surface area contributed by atoms with E-state index in [0.717, 1.165) is 0 Å². The number of ether oxygens (including phenoxy) is 1. The highest BCUT2D eigenvalue weighted by molar-refractivity contribution is 6.31. The minimum Gasteiger partial charge on any atom is -0.489 e. The molecule has 0 spiro atoms. The van der Waals surface area contributed by atoms with Crippen LogP contribution in [0.5, 0.6) is 5.75 Å². The average molecular weight is 308 g/mol. The molecule has 1 aromatic heterocycles. The van der Waals surface area contributed by atoms with Crippen molar-refractivity contribution in [1.29, 1.82) is 0 Å². The van der Waals surface area contributed by atoms with Crippen molar-refractivity contribution in [3.63, 3.8) is 0 Å². The normalized spacial score (nSPS) is 11.0. The highest BCUT2D eigenvalue weighted by Gasteiger charge is 2.10. The topological polar surface area (TPSA) is 44.4 Å². The Morgan fingerprint density at radius 1 is 1.24 bits per heavy atom. The van der Waals surface area contributed by atoms with Crippen LogP contribution < -0.4 is 10.5 Å². The lowest BCUT2D eigenvalue weighted by Gasteiger charge is -2.07. The number of hydrogen-bond donors (Lipinski definition) is 0. The van der Waals surface area contributed by atoms with Gasteiger partial charge in [0.1, 0.15) is 6.61 Å². The maximum absolute atomic E-state index is 13.4. The number of para-hydroxylation sites is 1. The fourth-order valence-corrected chi connectivity index (χ4v) is 2.22. The Hall–Kier alpha value is -2.27. The molecule has 3 rings (SSSR count). The van der Waals surface area contributed by atoms with E-state index in [-0.39, 0.29) is 18.9 Å². The molecule has 4 nitrogen and oxygen atoms in total. The molecule has 0 aliphatic rings. The van der Waals surface area contributed by atoms with Gasteiger partial charge in [-0.05, 0) is 24.3 Å². The van der Waals surface area contributed by atoms with Crippen molar-refractivity contribution in [3.8, 4) is 5.75 Å². The van der Waals surface area contributed by atoms with Gasteiger partial charge >= 0.3 is 5.76 Å². The molecule has 21 heavy (non-hydrogen) atoms. The lowest BCUT2D eigenvalue weighted by atomic mass is 10.3. The molecule has 0 saturated carbocycles. The van der Waals surface area contributed by atoms with Gasteiger partial charge in [0.05, 0.1) is 12.1 Å². The van der Waals surface area contributed by atoms with Crippen molar-refractivity contribution in [3.05, 3.63) is 63.9 Å². The van der Waals surface area contributed by atoms with Gasteiger partial charge in [-0.2, -0.15) is 0 Å². The molecule has 0 unspecified atom stereocenters. The van der Waals surface area contributed by atoms with Crippen LogP contribution in [0.3, 0.4) is 0 Å². The fourth-order valence-electron chi connectivity index (χ4n) is 2.06. The quantitative estimate of drug-likeness (QED) is 0.741. The molecule has 0 bridgehead atoms. The number of oxazole rings is 1. The van der Waals surface area contributed by atoms with Gasteiger partial charge in [0.15, 0.2) is 17.1 Å².